The molecule has 0 aliphatic heterocycles. The third-order valence-electron chi connectivity index (χ3n) is 1.40. The van der Waals surface area contributed by atoms with Crippen LogP contribution in [0.4, 0.5) is 0 Å². The molecule has 1 aromatic carbocycles. The molecule has 0 unspecified atom stereocenters. The number of halogens is 1. The quantitative estimate of drug-likeness (QED) is 0.470. The predicted molar refractivity (Wildman–Crippen MR) is 54.4 cm³/mol. The summed E-state index contributed by atoms with van der Waals surface area (Å²) < 4.78 is 59.5. The Hall–Kier alpha value is 0.966. The number of rotatable bonds is 2. The van der Waals surface area contributed by atoms with Gasteiger partial charge in [-0.25, -0.2) is 0 Å². The Kier molecular flexibility index (Phi) is 8.18. The van der Waals surface area contributed by atoms with E-state index < -0.39 is 30.0 Å². The van der Waals surface area contributed by atoms with Crippen molar-refractivity contribution in [3.8, 4) is 0 Å². The monoisotopic (exact) mass is 314 g/mol. The fourth-order valence-corrected chi connectivity index (χ4v) is 1.92. The van der Waals surface area contributed by atoms with E-state index in [1.165, 1.54) is 0 Å². The van der Waals surface area contributed by atoms with Crippen LogP contribution < -0.4 is 51.4 Å². The minimum atomic E-state index is -4.46. The van der Waals surface area contributed by atoms with E-state index in [2.05, 4.69) is 0 Å². The third-order valence-corrected chi connectivity index (χ3v) is 3.10. The van der Waals surface area contributed by atoms with Gasteiger partial charge >= 0.3 is 51.4 Å². The molecule has 0 atom stereocenters. The summed E-state index contributed by atoms with van der Waals surface area (Å²) in [6, 6.07) is 3.75. The van der Waals surface area contributed by atoms with E-state index in [1.54, 1.807) is 0 Å². The molecule has 0 saturated heterocycles. The summed E-state index contributed by atoms with van der Waals surface area (Å²) in [7, 11) is -8.92. The van der Waals surface area contributed by atoms with Crippen LogP contribution in [0.1, 0.15) is 1.43 Å². The summed E-state index contributed by atoms with van der Waals surface area (Å²) in [5.74, 6) is 0. The Labute approximate surface area is 143 Å². The molecule has 0 aliphatic carbocycles. The van der Waals surface area contributed by atoms with Crippen molar-refractivity contribution in [3.63, 3.8) is 0 Å². The molecule has 0 heterocycles. The largest absolute Gasteiger partial charge is 1.00 e. The molecule has 0 amide bonds. The van der Waals surface area contributed by atoms with Crippen LogP contribution in [0.5, 0.6) is 0 Å². The first-order chi connectivity index (χ1) is 6.21. The Morgan fingerprint density at radius 2 is 1.25 bits per heavy atom. The molecule has 0 saturated carbocycles. The first kappa shape index (κ1) is 19.3. The molecule has 0 spiro atoms. The maximum absolute atomic E-state index is 10.6. The summed E-state index contributed by atoms with van der Waals surface area (Å²) >= 11 is 0. The van der Waals surface area contributed by atoms with E-state index in [0.717, 1.165) is 18.2 Å². The summed E-state index contributed by atoms with van der Waals surface area (Å²) in [6.45, 7) is 0. The van der Waals surface area contributed by atoms with Gasteiger partial charge in [0.15, 0.2) is 0 Å². The number of benzene rings is 1. The van der Waals surface area contributed by atoms with E-state index in [-0.39, 0.29) is 65.2 Å². The van der Waals surface area contributed by atoms with Crippen molar-refractivity contribution in [1.29, 1.82) is 0 Å². The molecular formula is C6H8ClKO6S2. The van der Waals surface area contributed by atoms with Crippen molar-refractivity contribution in [2.24, 2.45) is 0 Å². The second kappa shape index (κ2) is 6.78. The van der Waals surface area contributed by atoms with E-state index in [4.69, 9.17) is 9.11 Å². The number of hydrogen-bond donors (Lipinski definition) is 2. The van der Waals surface area contributed by atoms with Crippen LogP contribution in [0, 0.1) is 0 Å². The molecule has 88 valence electrons. The maximum atomic E-state index is 10.6. The standard InChI is InChI=1S/C6H6O6S2.ClH.K.H/c7-13(8,9)5-2-1-3-6(4-5)14(10,11)12;;;/h1-4H,(H,7,8,9)(H,10,11,12);1H;;/q;;+1;-1. The average molecular weight is 315 g/mol. The van der Waals surface area contributed by atoms with Crippen molar-refractivity contribution in [1.82, 2.24) is 0 Å². The summed E-state index contributed by atoms with van der Waals surface area (Å²) in [5.41, 5.74) is 0. The van der Waals surface area contributed by atoms with Crippen molar-refractivity contribution in [2.75, 3.05) is 0 Å². The molecule has 0 bridgehead atoms. The van der Waals surface area contributed by atoms with Gasteiger partial charge in [0.05, 0.1) is 9.79 Å². The molecule has 6 nitrogen and oxygen atoms in total. The zero-order valence-electron chi connectivity index (χ0n) is 9.06. The molecule has 10 heteroatoms. The van der Waals surface area contributed by atoms with Crippen molar-refractivity contribution >= 4 is 32.6 Å². The minimum Gasteiger partial charge on any atom is -1.00 e. The van der Waals surface area contributed by atoms with Crippen LogP contribution >= 0.6 is 12.4 Å². The van der Waals surface area contributed by atoms with Crippen LogP contribution in [0.25, 0.3) is 0 Å². The first-order valence-corrected chi connectivity index (χ1v) is 6.14. The average Bonchev–Trinajstić information content (AvgIpc) is 2.01. The molecule has 0 aliphatic rings. The van der Waals surface area contributed by atoms with Gasteiger partial charge in [0.25, 0.3) is 20.2 Å². The molecular weight excluding hydrogens is 307 g/mol. The van der Waals surface area contributed by atoms with Crippen molar-refractivity contribution < 1.29 is 78.8 Å². The zero-order valence-corrected chi connectivity index (χ0v) is 13.6. The fourth-order valence-electron chi connectivity index (χ4n) is 0.795. The Bertz CT molecular complexity index is 510. The van der Waals surface area contributed by atoms with E-state index >= 15 is 0 Å². The van der Waals surface area contributed by atoms with Gasteiger partial charge in [0.1, 0.15) is 0 Å². The molecule has 0 radical (unpaired) electrons. The molecule has 1 rings (SSSR count). The van der Waals surface area contributed by atoms with Gasteiger partial charge in [0, 0.05) is 0 Å². The van der Waals surface area contributed by atoms with Gasteiger partial charge in [-0.1, -0.05) is 6.07 Å². The zero-order chi connectivity index (χ0) is 11.0. The first-order valence-electron chi connectivity index (χ1n) is 3.26. The van der Waals surface area contributed by atoms with Gasteiger partial charge in [-0.3, -0.25) is 9.11 Å². The van der Waals surface area contributed by atoms with Crippen molar-refractivity contribution in [3.05, 3.63) is 24.3 Å². The molecule has 0 fully saturated rings. The summed E-state index contributed by atoms with van der Waals surface area (Å²) in [4.78, 5) is -1.18. The van der Waals surface area contributed by atoms with Crippen LogP contribution in [0.15, 0.2) is 34.1 Å². The van der Waals surface area contributed by atoms with Gasteiger partial charge in [-0.15, -0.1) is 12.4 Å². The second-order valence-electron chi connectivity index (χ2n) is 2.42. The maximum Gasteiger partial charge on any atom is 1.00 e. The van der Waals surface area contributed by atoms with E-state index in [0.29, 0.717) is 6.07 Å². The smallest absolute Gasteiger partial charge is 1.00 e. The SMILES string of the molecule is Cl.O=S(=O)(O)c1cccc(S(=O)(=O)O)c1.[H-].[K+]. The van der Waals surface area contributed by atoms with E-state index in [9.17, 15) is 16.8 Å². The van der Waals surface area contributed by atoms with E-state index in [1.807, 2.05) is 0 Å². The normalized spacial score (nSPS) is 11.1. The Morgan fingerprint density at radius 1 is 0.938 bits per heavy atom. The Balaban J connectivity index is -0.000000653. The molecule has 16 heavy (non-hydrogen) atoms. The fraction of sp³-hybridized carbons (Fsp3) is 0. The van der Waals surface area contributed by atoms with Gasteiger partial charge in [-0.05, 0) is 18.2 Å². The Morgan fingerprint density at radius 3 is 1.50 bits per heavy atom. The van der Waals surface area contributed by atoms with Gasteiger partial charge in [-0.2, -0.15) is 16.8 Å². The minimum absolute atomic E-state index is 0. The van der Waals surface area contributed by atoms with Crippen LogP contribution in [0.2, 0.25) is 0 Å². The van der Waals surface area contributed by atoms with Crippen LogP contribution in [-0.2, 0) is 20.2 Å². The topological polar surface area (TPSA) is 109 Å². The second-order valence-corrected chi connectivity index (χ2v) is 5.27. The van der Waals surface area contributed by atoms with Crippen molar-refractivity contribution in [2.45, 2.75) is 9.79 Å². The third kappa shape index (κ3) is 5.53. The molecule has 0 aromatic heterocycles. The van der Waals surface area contributed by atoms with Crippen LogP contribution in [0.3, 0.4) is 0 Å². The van der Waals surface area contributed by atoms with Gasteiger partial charge in [0.2, 0.25) is 0 Å². The summed E-state index contributed by atoms with van der Waals surface area (Å²) in [6.07, 6.45) is 0. The summed E-state index contributed by atoms with van der Waals surface area (Å²) in [5, 5.41) is 0. The molecule has 1 aromatic rings. The van der Waals surface area contributed by atoms with Gasteiger partial charge < -0.3 is 1.43 Å². The molecule has 2 N–H and O–H groups in total. The predicted octanol–water partition coefficient (Wildman–Crippen LogP) is -2.28. The number of hydrogen-bond acceptors (Lipinski definition) is 4. The van der Waals surface area contributed by atoms with Crippen LogP contribution in [-0.4, -0.2) is 25.9 Å².